The van der Waals surface area contributed by atoms with Gasteiger partial charge in [-0.25, -0.2) is 9.78 Å². The summed E-state index contributed by atoms with van der Waals surface area (Å²) in [6.45, 7) is 3.77. The van der Waals surface area contributed by atoms with Crippen LogP contribution in [0.15, 0.2) is 77.6 Å². The Morgan fingerprint density at radius 3 is 2.46 bits per heavy atom. The molecule has 138 valence electrons. The molecule has 0 unspecified atom stereocenters. The Hall–Kier alpha value is -3.73. The Kier molecular flexibility index (Phi) is 4.49. The van der Waals surface area contributed by atoms with Gasteiger partial charge in [-0.05, 0) is 43.7 Å². The summed E-state index contributed by atoms with van der Waals surface area (Å²) < 4.78 is 0.992. The largest absolute Gasteiger partial charge is 0.364 e. The molecular formula is C23H18N2O3. The fourth-order valence-electron chi connectivity index (χ4n) is 3.10. The molecule has 5 heteroatoms. The van der Waals surface area contributed by atoms with E-state index in [4.69, 9.17) is 4.84 Å². The Morgan fingerprint density at radius 2 is 1.68 bits per heavy atom. The van der Waals surface area contributed by atoms with Crippen LogP contribution in [0, 0.1) is 13.8 Å². The van der Waals surface area contributed by atoms with Gasteiger partial charge >= 0.3 is 5.97 Å². The summed E-state index contributed by atoms with van der Waals surface area (Å²) in [6.07, 6.45) is 0. The van der Waals surface area contributed by atoms with E-state index in [9.17, 15) is 9.59 Å². The first-order valence-corrected chi connectivity index (χ1v) is 8.92. The Bertz CT molecular complexity index is 1260. The molecule has 0 aliphatic rings. The molecule has 3 aromatic carbocycles. The number of para-hydroxylation sites is 1. The number of aromatic nitrogens is 2. The number of rotatable bonds is 3. The minimum absolute atomic E-state index is 0.286. The standard InChI is InChI=1S/C23H18N2O3/c1-15-8-7-10-17(14-15)21-24-20-13-6-5-12-19(20)22(26)25(21)28-23(27)18-11-4-3-9-16(18)2/h3-14H,1-2H3. The smallest absolute Gasteiger partial charge is 0.326 e. The lowest BCUT2D eigenvalue weighted by molar-refractivity contribution is 0.0449. The highest BCUT2D eigenvalue weighted by Crippen LogP contribution is 2.20. The zero-order valence-electron chi connectivity index (χ0n) is 15.5. The third-order valence-electron chi connectivity index (χ3n) is 4.55. The first kappa shape index (κ1) is 17.7. The summed E-state index contributed by atoms with van der Waals surface area (Å²) in [7, 11) is 0. The lowest BCUT2D eigenvalue weighted by atomic mass is 10.1. The third kappa shape index (κ3) is 3.18. The lowest BCUT2D eigenvalue weighted by Gasteiger charge is -2.14. The molecule has 0 aliphatic heterocycles. The van der Waals surface area contributed by atoms with E-state index in [0.717, 1.165) is 15.9 Å². The van der Waals surface area contributed by atoms with Gasteiger partial charge in [0.25, 0.3) is 5.56 Å². The lowest BCUT2D eigenvalue weighted by Crippen LogP contribution is -2.33. The fourth-order valence-corrected chi connectivity index (χ4v) is 3.10. The van der Waals surface area contributed by atoms with Gasteiger partial charge in [-0.1, -0.05) is 54.1 Å². The highest BCUT2D eigenvalue weighted by atomic mass is 16.7. The molecule has 28 heavy (non-hydrogen) atoms. The van der Waals surface area contributed by atoms with E-state index in [1.165, 1.54) is 0 Å². The first-order chi connectivity index (χ1) is 13.5. The molecule has 0 N–H and O–H groups in total. The number of fused-ring (bicyclic) bond motifs is 1. The van der Waals surface area contributed by atoms with Crippen molar-refractivity contribution in [1.82, 2.24) is 9.71 Å². The van der Waals surface area contributed by atoms with Gasteiger partial charge in [0, 0.05) is 5.56 Å². The average molecular weight is 370 g/mol. The molecule has 0 bridgehead atoms. The maximum Gasteiger partial charge on any atom is 0.364 e. The molecule has 0 spiro atoms. The van der Waals surface area contributed by atoms with Gasteiger partial charge in [0.1, 0.15) is 0 Å². The van der Waals surface area contributed by atoms with Crippen LogP contribution in [-0.2, 0) is 0 Å². The minimum atomic E-state index is -0.605. The van der Waals surface area contributed by atoms with Crippen LogP contribution in [0.3, 0.4) is 0 Å². The zero-order chi connectivity index (χ0) is 19.7. The third-order valence-corrected chi connectivity index (χ3v) is 4.55. The van der Waals surface area contributed by atoms with Crippen molar-refractivity contribution in [3.05, 3.63) is 99.8 Å². The van der Waals surface area contributed by atoms with Crippen LogP contribution < -0.4 is 10.4 Å². The van der Waals surface area contributed by atoms with Gasteiger partial charge in [-0.2, -0.15) is 0 Å². The SMILES string of the molecule is Cc1cccc(-c2nc3ccccc3c(=O)n2OC(=O)c2ccccc2C)c1. The highest BCUT2D eigenvalue weighted by molar-refractivity contribution is 5.91. The molecule has 4 rings (SSSR count). The Labute approximate surface area is 161 Å². The van der Waals surface area contributed by atoms with Crippen molar-refractivity contribution < 1.29 is 9.63 Å². The highest BCUT2D eigenvalue weighted by Gasteiger charge is 2.19. The van der Waals surface area contributed by atoms with E-state index < -0.39 is 11.5 Å². The molecule has 0 saturated heterocycles. The molecule has 0 atom stereocenters. The zero-order valence-corrected chi connectivity index (χ0v) is 15.5. The van der Waals surface area contributed by atoms with Crippen LogP contribution in [0.4, 0.5) is 0 Å². The normalized spacial score (nSPS) is 10.8. The second-order valence-corrected chi connectivity index (χ2v) is 6.62. The van der Waals surface area contributed by atoms with E-state index in [0.29, 0.717) is 22.0 Å². The molecule has 0 saturated carbocycles. The molecule has 1 aromatic heterocycles. The summed E-state index contributed by atoms with van der Waals surface area (Å²) in [6, 6.07) is 21.7. The molecule has 1 heterocycles. The van der Waals surface area contributed by atoms with E-state index in [1.54, 1.807) is 30.3 Å². The van der Waals surface area contributed by atoms with Crippen LogP contribution in [0.5, 0.6) is 0 Å². The van der Waals surface area contributed by atoms with Crippen molar-refractivity contribution in [2.45, 2.75) is 13.8 Å². The van der Waals surface area contributed by atoms with E-state index in [-0.39, 0.29) is 5.82 Å². The summed E-state index contributed by atoms with van der Waals surface area (Å²) in [4.78, 5) is 36.0. The van der Waals surface area contributed by atoms with Crippen LogP contribution in [0.25, 0.3) is 22.3 Å². The number of aryl methyl sites for hydroxylation is 2. The summed E-state index contributed by atoms with van der Waals surface area (Å²) in [5.74, 6) is -0.319. The number of nitrogens with zero attached hydrogens (tertiary/aromatic N) is 2. The van der Waals surface area contributed by atoms with Crippen LogP contribution >= 0.6 is 0 Å². The topological polar surface area (TPSA) is 61.2 Å². The van der Waals surface area contributed by atoms with E-state index in [2.05, 4.69) is 4.98 Å². The van der Waals surface area contributed by atoms with Crippen molar-refractivity contribution in [3.63, 3.8) is 0 Å². The van der Waals surface area contributed by atoms with E-state index >= 15 is 0 Å². The molecule has 5 nitrogen and oxygen atoms in total. The monoisotopic (exact) mass is 370 g/mol. The second-order valence-electron chi connectivity index (χ2n) is 6.62. The maximum atomic E-state index is 13.1. The van der Waals surface area contributed by atoms with Crippen LogP contribution in [0.2, 0.25) is 0 Å². The van der Waals surface area contributed by atoms with Gasteiger partial charge in [0.05, 0.1) is 16.5 Å². The number of carbonyl (C=O) groups excluding carboxylic acids is 1. The van der Waals surface area contributed by atoms with Crippen molar-refractivity contribution in [3.8, 4) is 11.4 Å². The van der Waals surface area contributed by atoms with Crippen molar-refractivity contribution in [2.75, 3.05) is 0 Å². The van der Waals surface area contributed by atoms with Gasteiger partial charge in [0.15, 0.2) is 5.82 Å². The Balaban J connectivity index is 1.92. The maximum absolute atomic E-state index is 13.1. The number of benzene rings is 3. The predicted molar refractivity (Wildman–Crippen MR) is 108 cm³/mol. The van der Waals surface area contributed by atoms with Crippen LogP contribution in [-0.4, -0.2) is 15.7 Å². The number of carbonyl (C=O) groups is 1. The van der Waals surface area contributed by atoms with Crippen molar-refractivity contribution in [2.24, 2.45) is 0 Å². The van der Waals surface area contributed by atoms with Crippen molar-refractivity contribution in [1.29, 1.82) is 0 Å². The second kappa shape index (κ2) is 7.12. The van der Waals surface area contributed by atoms with Gasteiger partial charge in [0.2, 0.25) is 0 Å². The van der Waals surface area contributed by atoms with Gasteiger partial charge < -0.3 is 4.84 Å². The minimum Gasteiger partial charge on any atom is -0.326 e. The predicted octanol–water partition coefficient (Wildman–Crippen LogP) is 3.95. The molecule has 0 aliphatic carbocycles. The summed E-state index contributed by atoms with van der Waals surface area (Å²) >= 11 is 0. The number of hydrogen-bond donors (Lipinski definition) is 0. The molecule has 4 aromatic rings. The summed E-state index contributed by atoms with van der Waals surface area (Å²) in [5, 5.41) is 0.386. The molecule has 0 fully saturated rings. The molecule has 0 radical (unpaired) electrons. The number of hydrogen-bond acceptors (Lipinski definition) is 4. The van der Waals surface area contributed by atoms with Gasteiger partial charge in [-0.15, -0.1) is 4.73 Å². The average Bonchev–Trinajstić information content (AvgIpc) is 2.70. The molecule has 0 amide bonds. The molecular weight excluding hydrogens is 352 g/mol. The van der Waals surface area contributed by atoms with Gasteiger partial charge in [-0.3, -0.25) is 4.79 Å². The Morgan fingerprint density at radius 1 is 0.929 bits per heavy atom. The van der Waals surface area contributed by atoms with Crippen LogP contribution in [0.1, 0.15) is 21.5 Å². The van der Waals surface area contributed by atoms with E-state index in [1.807, 2.05) is 56.3 Å². The fraction of sp³-hybridized carbons (Fsp3) is 0.0870. The quantitative estimate of drug-likeness (QED) is 0.548. The summed E-state index contributed by atoms with van der Waals surface area (Å²) in [5.41, 5.74) is 3.00. The first-order valence-electron chi connectivity index (χ1n) is 8.92. The van der Waals surface area contributed by atoms with Crippen molar-refractivity contribution >= 4 is 16.9 Å².